The molecule has 1 aromatic rings. The topological polar surface area (TPSA) is 58.0 Å². The first-order valence-corrected chi connectivity index (χ1v) is 20.4. The molecule has 0 aliphatic heterocycles. The summed E-state index contributed by atoms with van der Waals surface area (Å²) in [6.45, 7) is 6.87. The molecule has 0 saturated heterocycles. The Hall–Kier alpha value is -0.271. The van der Waals surface area contributed by atoms with Gasteiger partial charge in [0.15, 0.2) is 0 Å². The van der Waals surface area contributed by atoms with Gasteiger partial charge in [0.05, 0.1) is 0 Å². The Bertz CT molecular complexity index is 494. The number of methoxy groups -OCH3 is 1. The van der Waals surface area contributed by atoms with E-state index >= 15 is 0 Å². The summed E-state index contributed by atoms with van der Waals surface area (Å²) in [5, 5.41) is 8.16. The normalized spacial score (nSPS) is 12.8. The van der Waals surface area contributed by atoms with Crippen LogP contribution >= 0.6 is 8.95 Å². The van der Waals surface area contributed by atoms with Crippen LogP contribution in [0.25, 0.3) is 0 Å². The van der Waals surface area contributed by atoms with Crippen molar-refractivity contribution in [2.24, 2.45) is 5.11 Å². The molecule has 4 nitrogen and oxygen atoms in total. The first-order valence-electron chi connectivity index (χ1n) is 10.00. The van der Waals surface area contributed by atoms with Crippen LogP contribution in [0.4, 0.5) is 11.4 Å². The molecular weight excluding hydrogens is 449 g/mol. The summed E-state index contributed by atoms with van der Waals surface area (Å²) in [5.41, 5.74) is 10.2. The van der Waals surface area contributed by atoms with Gasteiger partial charge in [0.25, 0.3) is 0 Å². The third-order valence-electron chi connectivity index (χ3n) is 4.74. The summed E-state index contributed by atoms with van der Waals surface area (Å²) in [6.07, 6.45) is 7.77. The van der Waals surface area contributed by atoms with E-state index in [1.807, 2.05) is 18.2 Å². The first kappa shape index (κ1) is 23.8. The molecule has 1 unspecified atom stereocenters. The minimum atomic E-state index is -2.40. The van der Waals surface area contributed by atoms with E-state index in [0.29, 0.717) is 11.4 Å². The quantitative estimate of drug-likeness (QED) is 0.156. The molecule has 0 heterocycles. The van der Waals surface area contributed by atoms with E-state index in [-0.39, 0.29) is 5.56 Å². The zero-order valence-electron chi connectivity index (χ0n) is 16.9. The van der Waals surface area contributed by atoms with Gasteiger partial charge in [-0.3, -0.25) is 0 Å². The van der Waals surface area contributed by atoms with Crippen molar-refractivity contribution < 1.29 is 4.74 Å². The molecule has 1 aromatic carbocycles. The van der Waals surface area contributed by atoms with E-state index in [4.69, 9.17) is 10.1 Å². The van der Waals surface area contributed by atoms with E-state index in [0.717, 1.165) is 0 Å². The third-order valence-corrected chi connectivity index (χ3v) is 26.7. The van der Waals surface area contributed by atoms with Gasteiger partial charge in [-0.2, -0.15) is 0 Å². The molecule has 0 N–H and O–H groups in total. The van der Waals surface area contributed by atoms with Crippen molar-refractivity contribution in [2.45, 2.75) is 78.2 Å². The van der Waals surface area contributed by atoms with Gasteiger partial charge in [-0.15, -0.1) is 0 Å². The summed E-state index contributed by atoms with van der Waals surface area (Å²) in [6, 6.07) is 7.45. The molecule has 0 saturated carbocycles. The van der Waals surface area contributed by atoms with Gasteiger partial charge in [-0.1, -0.05) is 0 Å². The molecule has 1 atom stereocenters. The van der Waals surface area contributed by atoms with Crippen molar-refractivity contribution >= 4 is 37.3 Å². The molecule has 6 heteroatoms. The molecule has 0 aliphatic carbocycles. The van der Waals surface area contributed by atoms with Gasteiger partial charge in [0.2, 0.25) is 0 Å². The van der Waals surface area contributed by atoms with Crippen LogP contribution in [0.15, 0.2) is 29.4 Å². The average Bonchev–Trinajstić information content (AvgIpc) is 2.68. The fourth-order valence-electron chi connectivity index (χ4n) is 3.16. The predicted molar refractivity (Wildman–Crippen MR) is 116 cm³/mol. The van der Waals surface area contributed by atoms with Crippen LogP contribution in [-0.4, -0.2) is 29.7 Å². The molecule has 0 amide bonds. The molecule has 1 rings (SSSR count). The van der Waals surface area contributed by atoms with Gasteiger partial charge in [-0.25, -0.2) is 0 Å². The summed E-state index contributed by atoms with van der Waals surface area (Å²) < 4.78 is 10.0. The zero-order valence-corrected chi connectivity index (χ0v) is 20.6. The number of unbranched alkanes of at least 4 members (excludes halogenated alkanes) is 3. The van der Waals surface area contributed by atoms with E-state index in [9.17, 15) is 5.53 Å². The van der Waals surface area contributed by atoms with Crippen molar-refractivity contribution in [3.05, 3.63) is 24.3 Å². The number of ether oxygens (including phenoxy) is 1. The Kier molecular flexibility index (Phi) is 12.6. The Morgan fingerprint density at radius 3 is 1.88 bits per heavy atom. The van der Waals surface area contributed by atoms with Crippen LogP contribution in [0.1, 0.15) is 59.3 Å². The maximum absolute atomic E-state index is 9.22. The number of benzene rings is 1. The molecule has 0 aromatic heterocycles. The summed E-state index contributed by atoms with van der Waals surface area (Å²) in [5.74, 6) is 0. The Morgan fingerprint density at radius 1 is 0.962 bits per heavy atom. The van der Waals surface area contributed by atoms with Crippen molar-refractivity contribution in [3.8, 4) is 0 Å². The molecular formula is C20H35N3OSSn. The molecule has 26 heavy (non-hydrogen) atoms. The van der Waals surface area contributed by atoms with Crippen LogP contribution in [0.2, 0.25) is 13.3 Å². The molecule has 0 bridgehead atoms. The van der Waals surface area contributed by atoms with Gasteiger partial charge < -0.3 is 0 Å². The van der Waals surface area contributed by atoms with Crippen molar-refractivity contribution in [1.82, 2.24) is 10.8 Å². The van der Waals surface area contributed by atoms with Gasteiger partial charge in [0, 0.05) is 0 Å². The maximum atomic E-state index is 9.22. The number of rotatable bonds is 15. The summed E-state index contributed by atoms with van der Waals surface area (Å²) in [7, 11) is 3.81. The van der Waals surface area contributed by atoms with E-state index in [1.165, 1.54) is 51.8 Å². The molecule has 0 spiro atoms. The Morgan fingerprint density at radius 2 is 1.46 bits per heavy atom. The number of hydrogen-bond donors (Lipinski definition) is 0. The van der Waals surface area contributed by atoms with Crippen LogP contribution in [-0.2, 0) is 4.74 Å². The van der Waals surface area contributed by atoms with Crippen LogP contribution in [0.3, 0.4) is 0 Å². The summed E-state index contributed by atoms with van der Waals surface area (Å²) in [4.78, 5) is 0. The third kappa shape index (κ3) is 8.17. The molecule has 2 radical (unpaired) electrons. The second-order valence-corrected chi connectivity index (χ2v) is 26.4. The summed E-state index contributed by atoms with van der Waals surface area (Å²) >= 11 is -2.40. The standard InChI is InChI=1S/C8H9N3OS.3C4H9.Sn/c1-12-8(13)10-6-4-2-3-5-7(6)11-9;3*1-3-4-2;/h2-5,8,13H,1H3;3*1,3-4H2,2H3;/q;;;;+1/p-1. The number of nitrogens with zero attached hydrogens (tertiary/aromatic N) is 3. The van der Waals surface area contributed by atoms with E-state index in [1.54, 1.807) is 13.2 Å². The SMILES string of the molecule is CCC[CH2][Sn]([CH2]CCC)([CH2]CCC)[S]C([N]c1ccccc1N=[N])OC. The Balaban J connectivity index is 2.96. The second-order valence-electron chi connectivity index (χ2n) is 6.87. The van der Waals surface area contributed by atoms with E-state index in [2.05, 4.69) is 34.8 Å². The zero-order chi connectivity index (χ0) is 19.3. The predicted octanol–water partition coefficient (Wildman–Crippen LogP) is 6.82. The minimum absolute atomic E-state index is 0.195. The van der Waals surface area contributed by atoms with E-state index < -0.39 is 17.0 Å². The first-order chi connectivity index (χ1) is 12.6. The van der Waals surface area contributed by atoms with Crippen molar-refractivity contribution in [2.75, 3.05) is 7.11 Å². The van der Waals surface area contributed by atoms with Gasteiger partial charge in [0.1, 0.15) is 0 Å². The average molecular weight is 484 g/mol. The monoisotopic (exact) mass is 485 g/mol. The van der Waals surface area contributed by atoms with Crippen LogP contribution in [0.5, 0.6) is 0 Å². The fourth-order valence-corrected chi connectivity index (χ4v) is 25.8. The van der Waals surface area contributed by atoms with Crippen molar-refractivity contribution in [3.63, 3.8) is 0 Å². The Labute approximate surface area is 167 Å². The fraction of sp³-hybridized carbons (Fsp3) is 0.700. The van der Waals surface area contributed by atoms with Gasteiger partial charge >= 0.3 is 168 Å². The molecule has 0 fully saturated rings. The number of hydrogen-bond acceptors (Lipinski definition) is 3. The van der Waals surface area contributed by atoms with Crippen molar-refractivity contribution in [1.29, 1.82) is 0 Å². The van der Waals surface area contributed by atoms with Crippen LogP contribution < -0.4 is 10.8 Å². The molecule has 0 aliphatic rings. The van der Waals surface area contributed by atoms with Crippen LogP contribution in [0, 0.1) is 0 Å². The second kappa shape index (κ2) is 13.8. The van der Waals surface area contributed by atoms with Gasteiger partial charge in [-0.05, 0) is 0 Å². The molecule has 146 valence electrons. The number of para-hydroxylation sites is 1.